The van der Waals surface area contributed by atoms with Crippen molar-refractivity contribution in [2.45, 2.75) is 18.0 Å². The van der Waals surface area contributed by atoms with Crippen LogP contribution in [0, 0.1) is 0 Å². The van der Waals surface area contributed by atoms with Gasteiger partial charge in [-0.1, -0.05) is 52.9 Å². The highest BCUT2D eigenvalue weighted by Crippen LogP contribution is 2.30. The molecule has 1 heterocycles. The minimum atomic E-state index is -3.75. The van der Waals surface area contributed by atoms with Crippen molar-refractivity contribution in [2.75, 3.05) is 25.6 Å². The van der Waals surface area contributed by atoms with Gasteiger partial charge in [-0.25, -0.2) is 17.8 Å². The molecule has 1 aliphatic carbocycles. The first-order valence-corrected chi connectivity index (χ1v) is 11.5. The summed E-state index contributed by atoms with van der Waals surface area (Å²) in [5.41, 5.74) is 2.47. The molecule has 0 bridgehead atoms. The normalized spacial score (nSPS) is 13.4. The van der Waals surface area contributed by atoms with E-state index in [4.69, 9.17) is 4.84 Å². The fourth-order valence-electron chi connectivity index (χ4n) is 3.24. The number of sulfonamides is 1. The number of nitrogens with zero attached hydrogens (tertiary/aromatic N) is 5. The van der Waals surface area contributed by atoms with Gasteiger partial charge in [-0.2, -0.15) is 0 Å². The molecule has 166 valence electrons. The molecule has 0 aliphatic heterocycles. The molecule has 32 heavy (non-hydrogen) atoms. The molecule has 3 aromatic rings. The van der Waals surface area contributed by atoms with E-state index in [1.807, 2.05) is 61.5 Å². The summed E-state index contributed by atoms with van der Waals surface area (Å²) in [7, 11) is 0.110. The molecule has 4 rings (SSSR count). The number of rotatable bonds is 10. The average molecular weight is 453 g/mol. The zero-order chi connectivity index (χ0) is 22.6. The van der Waals surface area contributed by atoms with E-state index in [1.165, 1.54) is 0 Å². The standard InChI is InChI=1S/C22H24N6O3S/c1-27(2)21-10-4-9-20-19(21)8-5-11-22(20)32(29,30)24-15-18-16-28(26-25-18)12-13-31-23-14-17-6-3-7-17/h3-11,14,16,24H,12-13,15H2,1-2H3/b23-14+. The van der Waals surface area contributed by atoms with Crippen LogP contribution in [0.25, 0.3) is 10.8 Å². The summed E-state index contributed by atoms with van der Waals surface area (Å²) in [6, 6.07) is 10.9. The summed E-state index contributed by atoms with van der Waals surface area (Å²) < 4.78 is 30.2. The van der Waals surface area contributed by atoms with Crippen LogP contribution >= 0.6 is 0 Å². The second-order valence-electron chi connectivity index (χ2n) is 7.41. The van der Waals surface area contributed by atoms with Crippen molar-refractivity contribution in [2.24, 2.45) is 5.16 Å². The molecule has 0 saturated heterocycles. The Morgan fingerprint density at radius 2 is 1.97 bits per heavy atom. The maximum atomic E-state index is 13.0. The Bertz CT molecular complexity index is 1310. The van der Waals surface area contributed by atoms with Crippen molar-refractivity contribution >= 4 is 32.7 Å². The Hall–Kier alpha value is -3.50. The van der Waals surface area contributed by atoms with Crippen molar-refractivity contribution in [3.05, 3.63) is 72.1 Å². The number of benzene rings is 2. The zero-order valence-electron chi connectivity index (χ0n) is 17.8. The van der Waals surface area contributed by atoms with Crippen molar-refractivity contribution in [1.82, 2.24) is 19.7 Å². The summed E-state index contributed by atoms with van der Waals surface area (Å²) in [5, 5.41) is 13.4. The number of anilines is 1. The van der Waals surface area contributed by atoms with Gasteiger partial charge in [0.05, 0.1) is 29.9 Å². The highest BCUT2D eigenvalue weighted by molar-refractivity contribution is 7.89. The van der Waals surface area contributed by atoms with Crippen LogP contribution in [0.2, 0.25) is 0 Å². The van der Waals surface area contributed by atoms with Crippen LogP contribution in [-0.2, 0) is 28.0 Å². The summed E-state index contributed by atoms with van der Waals surface area (Å²) in [5.74, 6) is 0. The van der Waals surface area contributed by atoms with Crippen LogP contribution in [0.3, 0.4) is 0 Å². The molecule has 0 spiro atoms. The Balaban J connectivity index is 1.38. The van der Waals surface area contributed by atoms with E-state index >= 15 is 0 Å². The van der Waals surface area contributed by atoms with Crippen LogP contribution in [0.15, 0.2) is 76.4 Å². The van der Waals surface area contributed by atoms with E-state index in [0.29, 0.717) is 24.2 Å². The number of hydrogen-bond donors (Lipinski definition) is 1. The molecule has 0 saturated carbocycles. The SMILES string of the molecule is CN(C)c1cccc2c(S(=O)(=O)NCc3cn(CCO/N=C/C4=CC=C4)nn3)cccc12. The van der Waals surface area contributed by atoms with Crippen molar-refractivity contribution in [3.8, 4) is 0 Å². The molecule has 9 nitrogen and oxygen atoms in total. The molecule has 1 aromatic heterocycles. The fourth-order valence-corrected chi connectivity index (χ4v) is 4.46. The van der Waals surface area contributed by atoms with Gasteiger partial charge in [0.1, 0.15) is 6.61 Å². The minimum absolute atomic E-state index is 0.0333. The zero-order valence-corrected chi connectivity index (χ0v) is 18.7. The summed E-state index contributed by atoms with van der Waals surface area (Å²) in [6.07, 6.45) is 9.10. The van der Waals surface area contributed by atoms with Gasteiger partial charge < -0.3 is 9.74 Å². The van der Waals surface area contributed by atoms with E-state index in [2.05, 4.69) is 20.2 Å². The quantitative estimate of drug-likeness (QED) is 0.288. The number of allylic oxidation sites excluding steroid dienone is 4. The highest BCUT2D eigenvalue weighted by atomic mass is 32.2. The maximum absolute atomic E-state index is 13.0. The monoisotopic (exact) mass is 452 g/mol. The van der Waals surface area contributed by atoms with E-state index in [0.717, 1.165) is 16.6 Å². The van der Waals surface area contributed by atoms with Gasteiger partial charge in [0, 0.05) is 36.8 Å². The van der Waals surface area contributed by atoms with Crippen molar-refractivity contribution < 1.29 is 13.3 Å². The molecule has 0 fully saturated rings. The van der Waals surface area contributed by atoms with E-state index in [9.17, 15) is 8.42 Å². The lowest BCUT2D eigenvalue weighted by molar-refractivity contribution is 0.134. The second-order valence-corrected chi connectivity index (χ2v) is 9.15. The van der Waals surface area contributed by atoms with Crippen molar-refractivity contribution in [1.29, 1.82) is 0 Å². The first-order valence-electron chi connectivity index (χ1n) is 10.1. The van der Waals surface area contributed by atoms with E-state index in [1.54, 1.807) is 29.2 Å². The second kappa shape index (κ2) is 9.33. The lowest BCUT2D eigenvalue weighted by Crippen LogP contribution is -2.23. The minimum Gasteiger partial charge on any atom is -0.394 e. The molecular weight excluding hydrogens is 428 g/mol. The summed E-state index contributed by atoms with van der Waals surface area (Å²) in [4.78, 5) is 7.37. The van der Waals surface area contributed by atoms with Gasteiger partial charge >= 0.3 is 0 Å². The van der Waals surface area contributed by atoms with Gasteiger partial charge in [0.25, 0.3) is 0 Å². The molecular formula is C22H24N6O3S. The van der Waals surface area contributed by atoms with Crippen LogP contribution < -0.4 is 9.62 Å². The topological polar surface area (TPSA) is 102 Å². The van der Waals surface area contributed by atoms with Gasteiger partial charge in [-0.15, -0.1) is 5.10 Å². The molecule has 0 radical (unpaired) electrons. The molecule has 2 aromatic carbocycles. The number of aromatic nitrogens is 3. The third-order valence-corrected chi connectivity index (χ3v) is 6.38. The first kappa shape index (κ1) is 21.7. The molecule has 0 atom stereocenters. The molecule has 10 heteroatoms. The third kappa shape index (κ3) is 4.87. The van der Waals surface area contributed by atoms with Crippen molar-refractivity contribution in [3.63, 3.8) is 0 Å². The molecule has 0 amide bonds. The van der Waals surface area contributed by atoms with Crippen LogP contribution in [0.5, 0.6) is 0 Å². The highest BCUT2D eigenvalue weighted by Gasteiger charge is 2.19. The largest absolute Gasteiger partial charge is 0.394 e. The Morgan fingerprint density at radius 1 is 1.19 bits per heavy atom. The third-order valence-electron chi connectivity index (χ3n) is 4.93. The Kier molecular flexibility index (Phi) is 6.33. The molecule has 1 N–H and O–H groups in total. The number of nitrogens with one attached hydrogen (secondary N) is 1. The first-order chi connectivity index (χ1) is 15.4. The van der Waals surface area contributed by atoms with Gasteiger partial charge in [-0.3, -0.25) is 0 Å². The lowest BCUT2D eigenvalue weighted by atomic mass is 10.1. The maximum Gasteiger partial charge on any atom is 0.241 e. The van der Waals surface area contributed by atoms with Gasteiger partial charge in [0.15, 0.2) is 0 Å². The Morgan fingerprint density at radius 3 is 2.72 bits per heavy atom. The van der Waals surface area contributed by atoms with E-state index in [-0.39, 0.29) is 11.4 Å². The average Bonchev–Trinajstić information content (AvgIpc) is 3.20. The predicted octanol–water partition coefficient (Wildman–Crippen LogP) is 2.47. The Labute approximate surface area is 186 Å². The van der Waals surface area contributed by atoms with Gasteiger partial charge in [0.2, 0.25) is 10.0 Å². The lowest BCUT2D eigenvalue weighted by Gasteiger charge is -2.17. The van der Waals surface area contributed by atoms with Crippen LogP contribution in [-0.4, -0.2) is 50.3 Å². The smallest absolute Gasteiger partial charge is 0.241 e. The number of hydrogen-bond acceptors (Lipinski definition) is 7. The number of fused-ring (bicyclic) bond motifs is 1. The summed E-state index contributed by atoms with van der Waals surface area (Å²) >= 11 is 0. The van der Waals surface area contributed by atoms with Crippen LogP contribution in [0.4, 0.5) is 5.69 Å². The molecule has 1 aliphatic rings. The van der Waals surface area contributed by atoms with Crippen LogP contribution in [0.1, 0.15) is 5.69 Å². The van der Waals surface area contributed by atoms with E-state index < -0.39 is 10.0 Å². The number of oxime groups is 1. The predicted molar refractivity (Wildman–Crippen MR) is 124 cm³/mol. The molecule has 0 unspecified atom stereocenters. The van der Waals surface area contributed by atoms with Gasteiger partial charge in [-0.05, 0) is 17.7 Å². The summed E-state index contributed by atoms with van der Waals surface area (Å²) in [6.45, 7) is 0.806. The fraction of sp³-hybridized carbons (Fsp3) is 0.227.